The fraction of sp³-hybridized carbons (Fsp3) is 0.167. The Labute approximate surface area is 97.2 Å². The molecule has 3 nitrogen and oxygen atoms in total. The minimum absolute atomic E-state index is 0.101. The summed E-state index contributed by atoms with van der Waals surface area (Å²) in [6.07, 6.45) is 0.486. The van der Waals surface area contributed by atoms with E-state index in [1.165, 1.54) is 11.3 Å². The third-order valence-corrected chi connectivity index (χ3v) is 3.60. The van der Waals surface area contributed by atoms with Crippen molar-refractivity contribution in [3.8, 4) is 0 Å². The van der Waals surface area contributed by atoms with Gasteiger partial charge in [0.15, 0.2) is 0 Å². The smallest absolute Gasteiger partial charge is 0.260 e. The molecule has 0 amide bonds. The Morgan fingerprint density at radius 1 is 1.50 bits per heavy atom. The Hall–Kier alpha value is -1.68. The normalized spacial score (nSPS) is 12.1. The first kappa shape index (κ1) is 8.47. The van der Waals surface area contributed by atoms with Gasteiger partial charge in [0.05, 0.1) is 5.39 Å². The monoisotopic (exact) mass is 231 g/mol. The van der Waals surface area contributed by atoms with Crippen molar-refractivity contribution in [1.29, 1.82) is 0 Å². The van der Waals surface area contributed by atoms with Crippen molar-refractivity contribution in [3.05, 3.63) is 40.4 Å². The summed E-state index contributed by atoms with van der Waals surface area (Å²) in [7, 11) is 0. The van der Waals surface area contributed by atoms with Crippen LogP contribution in [0.5, 0.6) is 0 Å². The quantitative estimate of drug-likeness (QED) is 0.700. The van der Waals surface area contributed by atoms with Crippen LogP contribution in [0.25, 0.3) is 20.3 Å². The first-order valence-corrected chi connectivity index (χ1v) is 5.81. The van der Waals surface area contributed by atoms with Gasteiger partial charge < -0.3 is 4.98 Å². The lowest BCUT2D eigenvalue weighted by Crippen LogP contribution is -2.09. The summed E-state index contributed by atoms with van der Waals surface area (Å²) in [6, 6.07) is 7.81. The molecule has 0 fully saturated rings. The van der Waals surface area contributed by atoms with Gasteiger partial charge in [-0.05, 0) is 6.07 Å². The van der Waals surface area contributed by atoms with Gasteiger partial charge in [0.1, 0.15) is 10.7 Å². The molecule has 0 bridgehead atoms. The Balaban J connectivity index is 2.40. The summed E-state index contributed by atoms with van der Waals surface area (Å²) >= 11 is 1.52. The van der Waals surface area contributed by atoms with E-state index >= 15 is 0 Å². The van der Waals surface area contributed by atoms with E-state index in [0.717, 1.165) is 14.9 Å². The molecule has 80 valence electrons. The molecule has 1 N–H and O–H groups in total. The van der Waals surface area contributed by atoms with E-state index in [2.05, 4.69) is 9.97 Å². The molecule has 0 aliphatic rings. The molecule has 16 heavy (non-hydrogen) atoms. The molecule has 1 aromatic carbocycles. The van der Waals surface area contributed by atoms with Crippen LogP contribution in [0.2, 0.25) is 0 Å². The number of aryl methyl sites for hydroxylation is 1. The number of fused-ring (bicyclic) bond motifs is 3. The lowest BCUT2D eigenvalue weighted by Gasteiger charge is -1.95. The maximum atomic E-state index is 12.0. The minimum Gasteiger partial charge on any atom is -0.310 e. The minimum atomic E-state index is -0.101. The topological polar surface area (TPSA) is 45.8 Å². The fourth-order valence-electron chi connectivity index (χ4n) is 1.79. The predicted octanol–water partition coefficient (Wildman–Crippen LogP) is 2.70. The highest BCUT2D eigenvalue weighted by Gasteiger charge is 2.09. The standard InChI is InChI=1S/C12H10N2OS/c1-2-9-13-11(15)10-7-5-3-4-6-8(7)16-12(10)14-9/h3-6H,2H2,1H3,(H,13,14,15)/i1D. The van der Waals surface area contributed by atoms with Crippen molar-refractivity contribution in [1.82, 2.24) is 9.97 Å². The molecule has 0 unspecified atom stereocenters. The average Bonchev–Trinajstić information content (AvgIpc) is 2.67. The SMILES string of the molecule is [2H]CCc1nc2sc3ccccc3c2c(=O)[nH]1. The summed E-state index contributed by atoms with van der Waals surface area (Å²) in [5.41, 5.74) is -0.101. The van der Waals surface area contributed by atoms with E-state index < -0.39 is 0 Å². The van der Waals surface area contributed by atoms with Crippen molar-refractivity contribution in [2.75, 3.05) is 0 Å². The number of nitrogens with zero attached hydrogens (tertiary/aromatic N) is 1. The van der Waals surface area contributed by atoms with Gasteiger partial charge in [-0.15, -0.1) is 11.3 Å². The molecule has 0 radical (unpaired) electrons. The van der Waals surface area contributed by atoms with E-state index in [1.54, 1.807) is 0 Å². The Morgan fingerprint density at radius 3 is 3.25 bits per heavy atom. The van der Waals surface area contributed by atoms with Gasteiger partial charge in [0, 0.05) is 17.9 Å². The van der Waals surface area contributed by atoms with Gasteiger partial charge in [-0.1, -0.05) is 25.1 Å². The zero-order chi connectivity index (χ0) is 11.8. The number of benzene rings is 1. The Kier molecular flexibility index (Phi) is 1.81. The number of thiophene rings is 1. The van der Waals surface area contributed by atoms with Gasteiger partial charge in [-0.2, -0.15) is 0 Å². The highest BCUT2D eigenvalue weighted by molar-refractivity contribution is 7.25. The maximum absolute atomic E-state index is 12.0. The lowest BCUT2D eigenvalue weighted by molar-refractivity contribution is 0.948. The maximum Gasteiger partial charge on any atom is 0.260 e. The zero-order valence-corrected chi connectivity index (χ0v) is 9.30. The third-order valence-electron chi connectivity index (χ3n) is 2.54. The van der Waals surface area contributed by atoms with Gasteiger partial charge in [-0.3, -0.25) is 4.79 Å². The molecule has 0 aliphatic carbocycles. The highest BCUT2D eigenvalue weighted by atomic mass is 32.1. The zero-order valence-electron chi connectivity index (χ0n) is 9.49. The summed E-state index contributed by atoms with van der Waals surface area (Å²) in [5.74, 6) is 0.601. The van der Waals surface area contributed by atoms with E-state index in [1.807, 2.05) is 24.3 Å². The van der Waals surface area contributed by atoms with E-state index in [9.17, 15) is 4.79 Å². The van der Waals surface area contributed by atoms with Gasteiger partial charge in [0.25, 0.3) is 5.56 Å². The molecule has 0 saturated carbocycles. The molecular weight excluding hydrogens is 220 g/mol. The second-order valence-electron chi connectivity index (χ2n) is 3.54. The van der Waals surface area contributed by atoms with Crippen LogP contribution >= 0.6 is 11.3 Å². The molecule has 2 aromatic heterocycles. The first-order chi connectivity index (χ1) is 8.29. The fourth-order valence-corrected chi connectivity index (χ4v) is 2.89. The second kappa shape index (κ2) is 3.42. The number of nitrogens with one attached hydrogen (secondary N) is 1. The largest absolute Gasteiger partial charge is 0.310 e. The van der Waals surface area contributed by atoms with Crippen LogP contribution < -0.4 is 5.56 Å². The van der Waals surface area contributed by atoms with Crippen LogP contribution in [0.1, 0.15) is 14.1 Å². The van der Waals surface area contributed by atoms with Crippen LogP contribution in [-0.4, -0.2) is 9.97 Å². The summed E-state index contributed by atoms with van der Waals surface area (Å²) < 4.78 is 8.24. The molecular formula is C12H10N2OS. The lowest BCUT2D eigenvalue weighted by atomic mass is 10.2. The van der Waals surface area contributed by atoms with E-state index in [4.69, 9.17) is 1.37 Å². The number of aromatic nitrogens is 2. The van der Waals surface area contributed by atoms with Crippen LogP contribution in [-0.2, 0) is 6.42 Å². The Morgan fingerprint density at radius 2 is 2.38 bits per heavy atom. The third kappa shape index (κ3) is 1.27. The van der Waals surface area contributed by atoms with Crippen molar-refractivity contribution in [3.63, 3.8) is 0 Å². The van der Waals surface area contributed by atoms with Crippen LogP contribution in [0, 0.1) is 0 Å². The first-order valence-electron chi connectivity index (χ1n) is 5.70. The summed E-state index contributed by atoms with van der Waals surface area (Å²) in [6.45, 7) is 0.235. The number of hydrogen-bond acceptors (Lipinski definition) is 3. The van der Waals surface area contributed by atoms with Crippen LogP contribution in [0.15, 0.2) is 29.1 Å². The summed E-state index contributed by atoms with van der Waals surface area (Å²) in [5, 5.41) is 1.62. The van der Waals surface area contributed by atoms with Crippen molar-refractivity contribution >= 4 is 31.6 Å². The van der Waals surface area contributed by atoms with Crippen LogP contribution in [0.3, 0.4) is 0 Å². The van der Waals surface area contributed by atoms with Crippen molar-refractivity contribution in [2.24, 2.45) is 0 Å². The molecule has 0 aliphatic heterocycles. The number of aromatic amines is 1. The molecule has 0 spiro atoms. The average molecular weight is 231 g/mol. The van der Waals surface area contributed by atoms with Crippen molar-refractivity contribution < 1.29 is 1.37 Å². The number of rotatable bonds is 1. The van der Waals surface area contributed by atoms with Crippen molar-refractivity contribution in [2.45, 2.75) is 13.3 Å². The molecule has 3 rings (SSSR count). The molecule has 2 heterocycles. The second-order valence-corrected chi connectivity index (χ2v) is 4.57. The molecule has 0 atom stereocenters. The predicted molar refractivity (Wildman–Crippen MR) is 67.1 cm³/mol. The van der Waals surface area contributed by atoms with E-state index in [0.29, 0.717) is 17.6 Å². The van der Waals surface area contributed by atoms with Gasteiger partial charge in [-0.25, -0.2) is 4.98 Å². The summed E-state index contributed by atoms with van der Waals surface area (Å²) in [4.78, 5) is 19.9. The van der Waals surface area contributed by atoms with E-state index in [-0.39, 0.29) is 12.5 Å². The number of hydrogen-bond donors (Lipinski definition) is 1. The molecule has 4 heteroatoms. The Bertz CT molecular complexity index is 747. The van der Waals surface area contributed by atoms with Gasteiger partial charge in [0.2, 0.25) is 0 Å². The molecule has 0 saturated heterocycles. The molecule has 3 aromatic rings. The number of H-pyrrole nitrogens is 1. The van der Waals surface area contributed by atoms with Gasteiger partial charge >= 0.3 is 0 Å². The van der Waals surface area contributed by atoms with Crippen LogP contribution in [0.4, 0.5) is 0 Å². The highest BCUT2D eigenvalue weighted by Crippen LogP contribution is 2.29.